The summed E-state index contributed by atoms with van der Waals surface area (Å²) < 4.78 is 49.6. The molecule has 0 aliphatic rings. The highest BCUT2D eigenvalue weighted by Gasteiger charge is 2.19. The first-order valence-electron chi connectivity index (χ1n) is 5.41. The van der Waals surface area contributed by atoms with Gasteiger partial charge in [-0.1, -0.05) is 19.1 Å². The SMILES string of the molecule is CCc1ccc(CO)cc1S(=O)(=O)NCC(F)F. The highest BCUT2D eigenvalue weighted by molar-refractivity contribution is 7.89. The van der Waals surface area contributed by atoms with E-state index < -0.39 is 23.0 Å². The molecule has 1 rings (SSSR count). The van der Waals surface area contributed by atoms with Crippen molar-refractivity contribution >= 4 is 10.0 Å². The lowest BCUT2D eigenvalue weighted by molar-refractivity contribution is 0.153. The molecule has 0 fully saturated rings. The fourth-order valence-electron chi connectivity index (χ4n) is 1.49. The Morgan fingerprint density at radius 2 is 2.06 bits per heavy atom. The maximum absolute atomic E-state index is 12.0. The average Bonchev–Trinajstić information content (AvgIpc) is 2.35. The van der Waals surface area contributed by atoms with Crippen LogP contribution in [0, 0.1) is 0 Å². The molecule has 0 aliphatic carbocycles. The van der Waals surface area contributed by atoms with Crippen molar-refractivity contribution in [3.05, 3.63) is 29.3 Å². The topological polar surface area (TPSA) is 66.4 Å². The predicted molar refractivity (Wildman–Crippen MR) is 62.9 cm³/mol. The van der Waals surface area contributed by atoms with Crippen molar-refractivity contribution in [3.63, 3.8) is 0 Å². The Balaban J connectivity index is 3.12. The van der Waals surface area contributed by atoms with Crippen molar-refractivity contribution in [1.29, 1.82) is 0 Å². The summed E-state index contributed by atoms with van der Waals surface area (Å²) in [7, 11) is -3.97. The number of aliphatic hydroxyl groups is 1. The zero-order chi connectivity index (χ0) is 13.8. The number of halogens is 2. The van der Waals surface area contributed by atoms with E-state index >= 15 is 0 Å². The summed E-state index contributed by atoms with van der Waals surface area (Å²) in [5, 5.41) is 8.97. The average molecular weight is 279 g/mol. The number of nitrogens with one attached hydrogen (secondary N) is 1. The minimum Gasteiger partial charge on any atom is -0.392 e. The van der Waals surface area contributed by atoms with Gasteiger partial charge in [0, 0.05) is 0 Å². The molecule has 1 aromatic rings. The van der Waals surface area contributed by atoms with E-state index in [9.17, 15) is 17.2 Å². The first kappa shape index (κ1) is 15.0. The summed E-state index contributed by atoms with van der Waals surface area (Å²) in [6, 6.07) is 4.47. The third-order valence-electron chi connectivity index (χ3n) is 2.41. The molecule has 0 bridgehead atoms. The Kier molecular flexibility index (Phi) is 5.18. The minimum absolute atomic E-state index is 0.0581. The van der Waals surface area contributed by atoms with Crippen molar-refractivity contribution in [1.82, 2.24) is 4.72 Å². The van der Waals surface area contributed by atoms with Crippen LogP contribution in [0.25, 0.3) is 0 Å². The Bertz CT molecular complexity index is 503. The van der Waals surface area contributed by atoms with Gasteiger partial charge in [-0.2, -0.15) is 0 Å². The molecule has 0 aromatic heterocycles. The lowest BCUT2D eigenvalue weighted by atomic mass is 10.1. The molecule has 0 saturated heterocycles. The first-order chi connectivity index (χ1) is 8.40. The summed E-state index contributed by atoms with van der Waals surface area (Å²) in [6.45, 7) is 0.538. The fourth-order valence-corrected chi connectivity index (χ4v) is 2.85. The van der Waals surface area contributed by atoms with Gasteiger partial charge in [0.25, 0.3) is 6.43 Å². The number of benzene rings is 1. The Hall–Kier alpha value is -1.05. The van der Waals surface area contributed by atoms with E-state index in [1.165, 1.54) is 6.07 Å². The Labute approximate surface area is 105 Å². The number of aliphatic hydroxyl groups excluding tert-OH is 1. The normalized spacial score (nSPS) is 12.1. The number of aryl methyl sites for hydroxylation is 1. The molecule has 0 amide bonds. The highest BCUT2D eigenvalue weighted by Crippen LogP contribution is 2.18. The van der Waals surface area contributed by atoms with Gasteiger partial charge < -0.3 is 5.11 Å². The highest BCUT2D eigenvalue weighted by atomic mass is 32.2. The molecule has 0 saturated carbocycles. The van der Waals surface area contributed by atoms with Crippen LogP contribution in [0.5, 0.6) is 0 Å². The Morgan fingerprint density at radius 3 is 2.56 bits per heavy atom. The van der Waals surface area contributed by atoms with Crippen LogP contribution in [0.2, 0.25) is 0 Å². The second-order valence-electron chi connectivity index (χ2n) is 3.70. The van der Waals surface area contributed by atoms with E-state index in [4.69, 9.17) is 5.11 Å². The molecule has 7 heteroatoms. The second-order valence-corrected chi connectivity index (χ2v) is 5.43. The van der Waals surface area contributed by atoms with Gasteiger partial charge in [0.15, 0.2) is 0 Å². The van der Waals surface area contributed by atoms with Crippen molar-refractivity contribution in [2.45, 2.75) is 31.3 Å². The Morgan fingerprint density at radius 1 is 1.39 bits per heavy atom. The van der Waals surface area contributed by atoms with Gasteiger partial charge >= 0.3 is 0 Å². The zero-order valence-electron chi connectivity index (χ0n) is 9.86. The maximum Gasteiger partial charge on any atom is 0.251 e. The monoisotopic (exact) mass is 279 g/mol. The van der Waals surface area contributed by atoms with E-state index in [0.29, 0.717) is 17.5 Å². The lowest BCUT2D eigenvalue weighted by Crippen LogP contribution is -2.29. The molecule has 0 atom stereocenters. The fraction of sp³-hybridized carbons (Fsp3) is 0.455. The predicted octanol–water partition coefficient (Wildman–Crippen LogP) is 1.28. The smallest absolute Gasteiger partial charge is 0.251 e. The summed E-state index contributed by atoms with van der Waals surface area (Å²) in [5.41, 5.74) is 0.943. The number of sulfonamides is 1. The van der Waals surface area contributed by atoms with Gasteiger partial charge in [-0.25, -0.2) is 21.9 Å². The minimum atomic E-state index is -3.97. The third kappa shape index (κ3) is 3.72. The van der Waals surface area contributed by atoms with E-state index in [2.05, 4.69) is 0 Å². The molecule has 2 N–H and O–H groups in total. The molecule has 102 valence electrons. The van der Waals surface area contributed by atoms with Crippen LogP contribution in [-0.2, 0) is 23.1 Å². The molecule has 4 nitrogen and oxygen atoms in total. The zero-order valence-corrected chi connectivity index (χ0v) is 10.7. The second kappa shape index (κ2) is 6.21. The van der Waals surface area contributed by atoms with Crippen LogP contribution in [0.1, 0.15) is 18.1 Å². The summed E-state index contributed by atoms with van der Waals surface area (Å²) in [6.07, 6.45) is -2.29. The molecule has 0 radical (unpaired) electrons. The van der Waals surface area contributed by atoms with Crippen molar-refractivity contribution in [2.75, 3.05) is 6.54 Å². The van der Waals surface area contributed by atoms with Gasteiger partial charge in [-0.3, -0.25) is 0 Å². The van der Waals surface area contributed by atoms with Crippen molar-refractivity contribution in [2.24, 2.45) is 0 Å². The molecule has 0 aliphatic heterocycles. The van der Waals surface area contributed by atoms with Crippen LogP contribution >= 0.6 is 0 Å². The molecular formula is C11H15F2NO3S. The summed E-state index contributed by atoms with van der Waals surface area (Å²) in [5.74, 6) is 0. The van der Waals surface area contributed by atoms with E-state index in [1.54, 1.807) is 19.1 Å². The van der Waals surface area contributed by atoms with Crippen molar-refractivity contribution in [3.8, 4) is 0 Å². The van der Waals surface area contributed by atoms with Crippen LogP contribution in [0.4, 0.5) is 8.78 Å². The number of rotatable bonds is 6. The van der Waals surface area contributed by atoms with Gasteiger partial charge in [0.05, 0.1) is 18.0 Å². The number of hydrogen-bond donors (Lipinski definition) is 2. The number of alkyl halides is 2. The standard InChI is InChI=1S/C11H15F2NO3S/c1-2-9-4-3-8(7-15)5-10(9)18(16,17)14-6-11(12)13/h3-5,11,14-15H,2,6-7H2,1H3. The molecule has 0 unspecified atom stereocenters. The molecular weight excluding hydrogens is 264 g/mol. The summed E-state index contributed by atoms with van der Waals surface area (Å²) in [4.78, 5) is -0.0581. The van der Waals surface area contributed by atoms with Crippen LogP contribution in [0.3, 0.4) is 0 Å². The van der Waals surface area contributed by atoms with Crippen molar-refractivity contribution < 1.29 is 22.3 Å². The first-order valence-corrected chi connectivity index (χ1v) is 6.89. The van der Waals surface area contributed by atoms with E-state index in [1.807, 2.05) is 4.72 Å². The van der Waals surface area contributed by atoms with Crippen LogP contribution < -0.4 is 4.72 Å². The largest absolute Gasteiger partial charge is 0.392 e. The molecule has 0 heterocycles. The molecule has 0 spiro atoms. The molecule has 18 heavy (non-hydrogen) atoms. The summed E-state index contributed by atoms with van der Waals surface area (Å²) >= 11 is 0. The van der Waals surface area contributed by atoms with Gasteiger partial charge in [-0.15, -0.1) is 0 Å². The maximum atomic E-state index is 12.0. The van der Waals surface area contributed by atoms with E-state index in [0.717, 1.165) is 0 Å². The van der Waals surface area contributed by atoms with Gasteiger partial charge in [0.2, 0.25) is 10.0 Å². The number of hydrogen-bond acceptors (Lipinski definition) is 3. The van der Waals surface area contributed by atoms with Crippen LogP contribution in [-0.4, -0.2) is 26.5 Å². The van der Waals surface area contributed by atoms with Crippen LogP contribution in [0.15, 0.2) is 23.1 Å². The van der Waals surface area contributed by atoms with E-state index in [-0.39, 0.29) is 11.5 Å². The third-order valence-corrected chi connectivity index (χ3v) is 3.92. The van der Waals surface area contributed by atoms with Gasteiger partial charge in [0.1, 0.15) is 0 Å². The lowest BCUT2D eigenvalue weighted by Gasteiger charge is -2.11. The van der Waals surface area contributed by atoms with Gasteiger partial charge in [-0.05, 0) is 23.6 Å². The molecule has 1 aromatic carbocycles. The quantitative estimate of drug-likeness (QED) is 0.824.